The number of benzene rings is 1. The first-order chi connectivity index (χ1) is 15.6. The zero-order chi connectivity index (χ0) is 22.6. The van der Waals surface area contributed by atoms with Gasteiger partial charge in [-0.2, -0.15) is 0 Å². The molecule has 3 heterocycles. The molecule has 1 N–H and O–H groups in total. The van der Waals surface area contributed by atoms with Crippen LogP contribution in [0.15, 0.2) is 41.9 Å². The number of methoxy groups -OCH3 is 1. The second kappa shape index (κ2) is 11.6. The highest BCUT2D eigenvalue weighted by atomic mass is 127. The third-order valence-electron chi connectivity index (χ3n) is 7.30. The van der Waals surface area contributed by atoms with Crippen molar-refractivity contribution in [3.63, 3.8) is 0 Å². The van der Waals surface area contributed by atoms with Crippen LogP contribution in [0.3, 0.4) is 0 Å². The van der Waals surface area contributed by atoms with Crippen molar-refractivity contribution in [2.45, 2.75) is 44.6 Å². The van der Waals surface area contributed by atoms with Crippen LogP contribution in [0.4, 0.5) is 0 Å². The maximum Gasteiger partial charge on any atom is 0.193 e. The largest absolute Gasteiger partial charge is 0.496 e. The van der Waals surface area contributed by atoms with E-state index in [0.717, 1.165) is 63.8 Å². The number of aryl methyl sites for hydroxylation is 1. The number of aromatic nitrogens is 2. The van der Waals surface area contributed by atoms with Gasteiger partial charge in [-0.15, -0.1) is 24.0 Å². The second-order valence-corrected chi connectivity index (χ2v) is 9.29. The molecule has 2 aliphatic heterocycles. The SMILES string of the molecule is CN=C(NCC1(c2cc(C)ccc2OC)CCOCC1)N1CCC(C)C(n2ccnc2)C1.I. The Labute approximate surface area is 215 Å². The fourth-order valence-corrected chi connectivity index (χ4v) is 5.22. The van der Waals surface area contributed by atoms with Crippen LogP contribution in [-0.4, -0.2) is 67.4 Å². The second-order valence-electron chi connectivity index (χ2n) is 9.29. The number of ether oxygens (including phenoxy) is 2. The number of piperidine rings is 1. The third kappa shape index (κ3) is 5.65. The summed E-state index contributed by atoms with van der Waals surface area (Å²) in [6.07, 6.45) is 8.93. The molecule has 7 nitrogen and oxygen atoms in total. The zero-order valence-corrected chi connectivity index (χ0v) is 22.6. The summed E-state index contributed by atoms with van der Waals surface area (Å²) in [6, 6.07) is 6.90. The molecule has 2 atom stereocenters. The minimum atomic E-state index is -0.0433. The van der Waals surface area contributed by atoms with Gasteiger partial charge in [0.25, 0.3) is 0 Å². The molecule has 33 heavy (non-hydrogen) atoms. The third-order valence-corrected chi connectivity index (χ3v) is 7.30. The first kappa shape index (κ1) is 25.8. The van der Waals surface area contributed by atoms with Gasteiger partial charge in [0.15, 0.2) is 5.96 Å². The summed E-state index contributed by atoms with van der Waals surface area (Å²) >= 11 is 0. The number of hydrogen-bond donors (Lipinski definition) is 1. The van der Waals surface area contributed by atoms with Crippen molar-refractivity contribution in [3.8, 4) is 5.75 Å². The topological polar surface area (TPSA) is 63.9 Å². The number of halogens is 1. The van der Waals surface area contributed by atoms with Crippen LogP contribution in [0.25, 0.3) is 0 Å². The fraction of sp³-hybridized carbons (Fsp3) is 0.600. The molecule has 0 radical (unpaired) electrons. The predicted octanol–water partition coefficient (Wildman–Crippen LogP) is 4.02. The van der Waals surface area contributed by atoms with Crippen LogP contribution in [0.1, 0.15) is 43.4 Å². The van der Waals surface area contributed by atoms with Crippen molar-refractivity contribution in [3.05, 3.63) is 48.0 Å². The maximum absolute atomic E-state index is 5.78. The number of nitrogens with zero attached hydrogens (tertiary/aromatic N) is 4. The highest BCUT2D eigenvalue weighted by molar-refractivity contribution is 14.0. The van der Waals surface area contributed by atoms with Crippen molar-refractivity contribution in [1.29, 1.82) is 0 Å². The Morgan fingerprint density at radius 2 is 2.12 bits per heavy atom. The van der Waals surface area contributed by atoms with Gasteiger partial charge in [0.05, 0.1) is 19.5 Å². The summed E-state index contributed by atoms with van der Waals surface area (Å²) in [4.78, 5) is 11.3. The molecule has 2 unspecified atom stereocenters. The average Bonchev–Trinajstić information content (AvgIpc) is 3.36. The Hall–Kier alpha value is -1.81. The van der Waals surface area contributed by atoms with E-state index in [1.807, 2.05) is 19.6 Å². The summed E-state index contributed by atoms with van der Waals surface area (Å²) in [5.74, 6) is 2.54. The number of hydrogen-bond acceptors (Lipinski definition) is 4. The van der Waals surface area contributed by atoms with Gasteiger partial charge in [-0.05, 0) is 38.2 Å². The first-order valence-electron chi connectivity index (χ1n) is 11.7. The van der Waals surface area contributed by atoms with E-state index < -0.39 is 0 Å². The Morgan fingerprint density at radius 3 is 2.79 bits per heavy atom. The number of nitrogens with one attached hydrogen (secondary N) is 1. The van der Waals surface area contributed by atoms with Crippen LogP contribution in [0.2, 0.25) is 0 Å². The van der Waals surface area contributed by atoms with Crippen LogP contribution < -0.4 is 10.1 Å². The van der Waals surface area contributed by atoms with Gasteiger partial charge in [0.1, 0.15) is 5.75 Å². The number of likely N-dealkylation sites (tertiary alicyclic amines) is 1. The van der Waals surface area contributed by atoms with Crippen LogP contribution in [0.5, 0.6) is 5.75 Å². The Kier molecular flexibility index (Phi) is 9.03. The summed E-state index contributed by atoms with van der Waals surface area (Å²) in [7, 11) is 3.65. The highest BCUT2D eigenvalue weighted by Gasteiger charge is 2.38. The van der Waals surface area contributed by atoms with E-state index in [2.05, 4.69) is 63.0 Å². The fourth-order valence-electron chi connectivity index (χ4n) is 5.22. The normalized spacial score (nSPS) is 23.0. The van der Waals surface area contributed by atoms with Crippen LogP contribution in [0, 0.1) is 12.8 Å². The molecule has 0 spiro atoms. The van der Waals surface area contributed by atoms with Crippen molar-refractivity contribution >= 4 is 29.9 Å². The molecule has 0 bridgehead atoms. The Morgan fingerprint density at radius 1 is 1.33 bits per heavy atom. The van der Waals surface area contributed by atoms with Gasteiger partial charge < -0.3 is 24.3 Å². The average molecular weight is 568 g/mol. The van der Waals surface area contributed by atoms with Crippen molar-refractivity contribution in [2.75, 3.05) is 47.0 Å². The molecule has 2 saturated heterocycles. The number of aliphatic imine (C=N–C) groups is 1. The predicted molar refractivity (Wildman–Crippen MR) is 143 cm³/mol. The van der Waals surface area contributed by atoms with E-state index in [4.69, 9.17) is 9.47 Å². The zero-order valence-electron chi connectivity index (χ0n) is 20.3. The number of imidazole rings is 1. The lowest BCUT2D eigenvalue weighted by Crippen LogP contribution is -2.52. The molecule has 1 aromatic heterocycles. The molecule has 2 aromatic rings. The van der Waals surface area contributed by atoms with Gasteiger partial charge in [-0.3, -0.25) is 4.99 Å². The molecule has 182 valence electrons. The Bertz CT molecular complexity index is 912. The van der Waals surface area contributed by atoms with Crippen LogP contribution in [-0.2, 0) is 10.2 Å². The molecule has 4 rings (SSSR count). The lowest BCUT2D eigenvalue weighted by Gasteiger charge is -2.42. The van der Waals surface area contributed by atoms with Gasteiger partial charge in [-0.1, -0.05) is 24.6 Å². The van der Waals surface area contributed by atoms with Gasteiger partial charge in [0, 0.05) is 63.3 Å². The molecule has 1 aromatic carbocycles. The van der Waals surface area contributed by atoms with E-state index >= 15 is 0 Å². The van der Waals surface area contributed by atoms with E-state index in [9.17, 15) is 0 Å². The molecule has 0 saturated carbocycles. The van der Waals surface area contributed by atoms with Crippen LogP contribution >= 0.6 is 24.0 Å². The summed E-state index contributed by atoms with van der Waals surface area (Å²) in [5, 5.41) is 3.74. The first-order valence-corrected chi connectivity index (χ1v) is 11.7. The van der Waals surface area contributed by atoms with Gasteiger partial charge >= 0.3 is 0 Å². The lowest BCUT2D eigenvalue weighted by molar-refractivity contribution is 0.0501. The van der Waals surface area contributed by atoms with Gasteiger partial charge in [0.2, 0.25) is 0 Å². The lowest BCUT2D eigenvalue weighted by atomic mass is 9.73. The van der Waals surface area contributed by atoms with Crippen molar-refractivity contribution in [2.24, 2.45) is 10.9 Å². The molecule has 0 aliphatic carbocycles. The van der Waals surface area contributed by atoms with E-state index in [-0.39, 0.29) is 29.4 Å². The molecule has 0 amide bonds. The van der Waals surface area contributed by atoms with Crippen molar-refractivity contribution < 1.29 is 9.47 Å². The quantitative estimate of drug-likeness (QED) is 0.336. The summed E-state index contributed by atoms with van der Waals surface area (Å²) < 4.78 is 13.8. The van der Waals surface area contributed by atoms with E-state index in [1.54, 1.807) is 7.11 Å². The summed E-state index contributed by atoms with van der Waals surface area (Å²) in [5.41, 5.74) is 2.48. The smallest absolute Gasteiger partial charge is 0.193 e. The van der Waals surface area contributed by atoms with E-state index in [1.165, 1.54) is 11.1 Å². The van der Waals surface area contributed by atoms with Crippen molar-refractivity contribution in [1.82, 2.24) is 19.8 Å². The minimum Gasteiger partial charge on any atom is -0.496 e. The monoisotopic (exact) mass is 567 g/mol. The summed E-state index contributed by atoms with van der Waals surface area (Å²) in [6.45, 7) is 8.76. The molecule has 8 heteroatoms. The number of guanidine groups is 1. The molecular formula is C25H38IN5O2. The van der Waals surface area contributed by atoms with Gasteiger partial charge in [-0.25, -0.2) is 4.98 Å². The standard InChI is InChI=1S/C25H37N5O2.HI/c1-19-5-6-23(31-4)21(15-19)25(8-13-32-14-9-25)17-28-24(26-3)29-11-7-20(2)22(16-29)30-12-10-27-18-30;/h5-6,10,12,15,18,20,22H,7-9,11,13-14,16-17H2,1-4H3,(H,26,28);1H. The molecule has 2 fully saturated rings. The highest BCUT2D eigenvalue weighted by Crippen LogP contribution is 2.40. The maximum atomic E-state index is 5.78. The van der Waals surface area contributed by atoms with E-state index in [0.29, 0.717) is 12.0 Å². The minimum absolute atomic E-state index is 0. The molecular weight excluding hydrogens is 529 g/mol. The Balaban J connectivity index is 0.00000306. The number of rotatable bonds is 5. The molecule has 2 aliphatic rings.